The van der Waals surface area contributed by atoms with E-state index in [0.29, 0.717) is 23.7 Å². The molecule has 1 unspecified atom stereocenters. The van der Waals surface area contributed by atoms with Crippen LogP contribution in [0.2, 0.25) is 5.02 Å². The molecule has 1 aliphatic heterocycles. The fraction of sp³-hybridized carbons (Fsp3) is 0.318. The van der Waals surface area contributed by atoms with Crippen LogP contribution in [0.25, 0.3) is 0 Å². The van der Waals surface area contributed by atoms with Crippen LogP contribution in [0.1, 0.15) is 41.3 Å². The summed E-state index contributed by atoms with van der Waals surface area (Å²) >= 11 is 5.80. The van der Waals surface area contributed by atoms with Crippen LogP contribution in [-0.4, -0.2) is 35.2 Å². The number of benzene rings is 2. The van der Waals surface area contributed by atoms with Crippen molar-refractivity contribution in [1.29, 1.82) is 0 Å². The molecule has 0 N–H and O–H groups in total. The normalized spacial score (nSPS) is 14.1. The van der Waals surface area contributed by atoms with E-state index in [9.17, 15) is 14.4 Å². The number of fused-ring (bicyclic) bond motifs is 1. The first-order chi connectivity index (χ1) is 13.4. The van der Waals surface area contributed by atoms with Crippen LogP contribution in [0.15, 0.2) is 48.5 Å². The number of Topliss-reactive ketones (excluding diaryl/α,β-unsaturated/α-hetero) is 1. The highest BCUT2D eigenvalue weighted by atomic mass is 35.5. The monoisotopic (exact) mass is 399 g/mol. The summed E-state index contributed by atoms with van der Waals surface area (Å²) in [4.78, 5) is 38.5. The Morgan fingerprint density at radius 1 is 1.04 bits per heavy atom. The summed E-state index contributed by atoms with van der Waals surface area (Å²) in [6.07, 6.45) is -0.123. The van der Waals surface area contributed by atoms with Gasteiger partial charge in [-0.1, -0.05) is 35.9 Å². The zero-order valence-electron chi connectivity index (χ0n) is 15.7. The Morgan fingerprint density at radius 2 is 1.71 bits per heavy atom. The number of carbonyl (C=O) groups excluding carboxylic acids is 3. The number of esters is 1. The van der Waals surface area contributed by atoms with Crippen LogP contribution in [0.3, 0.4) is 0 Å². The number of rotatable bonds is 6. The van der Waals surface area contributed by atoms with Crippen molar-refractivity contribution in [3.05, 3.63) is 70.2 Å². The van der Waals surface area contributed by atoms with Gasteiger partial charge in [0.2, 0.25) is 0 Å². The number of ether oxygens (including phenoxy) is 1. The summed E-state index contributed by atoms with van der Waals surface area (Å²) in [6.45, 7) is 2.69. The molecular formula is C22H22ClNO4. The van der Waals surface area contributed by atoms with Crippen molar-refractivity contribution in [3.63, 3.8) is 0 Å². The van der Waals surface area contributed by atoms with Gasteiger partial charge in [0.25, 0.3) is 5.91 Å². The van der Waals surface area contributed by atoms with Gasteiger partial charge in [-0.3, -0.25) is 14.4 Å². The summed E-state index contributed by atoms with van der Waals surface area (Å²) in [5.74, 6) is -0.937. The minimum Gasteiger partial charge on any atom is -0.453 e. The van der Waals surface area contributed by atoms with Gasteiger partial charge in [-0.05, 0) is 48.7 Å². The molecule has 1 atom stereocenters. The predicted molar refractivity (Wildman–Crippen MR) is 106 cm³/mol. The van der Waals surface area contributed by atoms with Crippen molar-refractivity contribution in [2.75, 3.05) is 6.54 Å². The predicted octanol–water partition coefficient (Wildman–Crippen LogP) is 3.82. The fourth-order valence-electron chi connectivity index (χ4n) is 3.24. The molecule has 2 aromatic rings. The molecule has 0 aromatic heterocycles. The Bertz CT molecular complexity index is 878. The highest BCUT2D eigenvalue weighted by Gasteiger charge is 2.27. The van der Waals surface area contributed by atoms with Crippen LogP contribution in [-0.2, 0) is 27.3 Å². The number of carbonyl (C=O) groups is 3. The second-order valence-corrected chi connectivity index (χ2v) is 7.28. The minimum absolute atomic E-state index is 0.0263. The second kappa shape index (κ2) is 9.02. The van der Waals surface area contributed by atoms with Gasteiger partial charge in [-0.25, -0.2) is 0 Å². The number of amides is 1. The Morgan fingerprint density at radius 3 is 2.43 bits per heavy atom. The quantitative estimate of drug-likeness (QED) is 0.547. The molecule has 2 aromatic carbocycles. The molecule has 0 bridgehead atoms. The molecule has 0 saturated carbocycles. The molecule has 28 heavy (non-hydrogen) atoms. The Balaban J connectivity index is 1.48. The van der Waals surface area contributed by atoms with Gasteiger partial charge in [0.05, 0.1) is 6.42 Å². The Kier molecular flexibility index (Phi) is 6.47. The smallest absolute Gasteiger partial charge is 0.307 e. The maximum atomic E-state index is 12.6. The van der Waals surface area contributed by atoms with Crippen molar-refractivity contribution in [2.24, 2.45) is 0 Å². The van der Waals surface area contributed by atoms with E-state index in [-0.39, 0.29) is 24.5 Å². The van der Waals surface area contributed by atoms with Gasteiger partial charge in [0, 0.05) is 30.1 Å². The molecule has 1 aliphatic rings. The van der Waals surface area contributed by atoms with Crippen LogP contribution >= 0.6 is 11.6 Å². The lowest BCUT2D eigenvalue weighted by atomic mass is 9.99. The van der Waals surface area contributed by atoms with E-state index >= 15 is 0 Å². The molecule has 146 valence electrons. The molecular weight excluding hydrogens is 378 g/mol. The SMILES string of the molecule is CC(OC(=O)CCC(=O)c1ccc(Cl)cc1)C(=O)N1CCc2ccccc2C1. The van der Waals surface area contributed by atoms with E-state index < -0.39 is 12.1 Å². The van der Waals surface area contributed by atoms with E-state index in [4.69, 9.17) is 16.3 Å². The number of ketones is 1. The van der Waals surface area contributed by atoms with Crippen LogP contribution in [0, 0.1) is 0 Å². The Hall–Kier alpha value is -2.66. The molecule has 5 nitrogen and oxygen atoms in total. The molecule has 6 heteroatoms. The maximum absolute atomic E-state index is 12.6. The third kappa shape index (κ3) is 4.98. The lowest BCUT2D eigenvalue weighted by Crippen LogP contribution is -2.42. The molecule has 3 rings (SSSR count). The number of hydrogen-bond donors (Lipinski definition) is 0. The lowest BCUT2D eigenvalue weighted by molar-refractivity contribution is -0.159. The third-order valence-electron chi connectivity index (χ3n) is 4.82. The van der Waals surface area contributed by atoms with Crippen molar-refractivity contribution >= 4 is 29.3 Å². The van der Waals surface area contributed by atoms with Gasteiger partial charge in [-0.15, -0.1) is 0 Å². The topological polar surface area (TPSA) is 63.7 Å². The van der Waals surface area contributed by atoms with Crippen LogP contribution in [0.5, 0.6) is 0 Å². The summed E-state index contributed by atoms with van der Waals surface area (Å²) in [5.41, 5.74) is 2.86. The van der Waals surface area contributed by atoms with Crippen molar-refractivity contribution in [3.8, 4) is 0 Å². The molecule has 0 spiro atoms. The van der Waals surface area contributed by atoms with E-state index in [2.05, 4.69) is 6.07 Å². The van der Waals surface area contributed by atoms with Gasteiger partial charge in [0.15, 0.2) is 11.9 Å². The first-order valence-electron chi connectivity index (χ1n) is 9.28. The lowest BCUT2D eigenvalue weighted by Gasteiger charge is -2.30. The van der Waals surface area contributed by atoms with Gasteiger partial charge >= 0.3 is 5.97 Å². The van der Waals surface area contributed by atoms with Gasteiger partial charge < -0.3 is 9.64 Å². The highest BCUT2D eigenvalue weighted by Crippen LogP contribution is 2.19. The molecule has 0 radical (unpaired) electrons. The standard InChI is InChI=1S/C22H22ClNO4/c1-15(22(27)24-13-12-16-4-2-3-5-18(16)14-24)28-21(26)11-10-20(25)17-6-8-19(23)9-7-17/h2-9,15H,10-14H2,1H3. The molecule has 0 fully saturated rings. The average molecular weight is 400 g/mol. The van der Waals surface area contributed by atoms with E-state index in [1.54, 1.807) is 36.1 Å². The van der Waals surface area contributed by atoms with Crippen molar-refractivity contribution in [2.45, 2.75) is 38.8 Å². The molecule has 0 saturated heterocycles. The second-order valence-electron chi connectivity index (χ2n) is 6.84. The number of halogens is 1. The van der Waals surface area contributed by atoms with E-state index in [1.165, 1.54) is 5.56 Å². The zero-order chi connectivity index (χ0) is 20.1. The highest BCUT2D eigenvalue weighted by molar-refractivity contribution is 6.30. The largest absolute Gasteiger partial charge is 0.453 e. The number of hydrogen-bond acceptors (Lipinski definition) is 4. The van der Waals surface area contributed by atoms with E-state index in [0.717, 1.165) is 12.0 Å². The summed E-state index contributed by atoms with van der Waals surface area (Å²) in [6, 6.07) is 14.5. The third-order valence-corrected chi connectivity index (χ3v) is 5.07. The Labute approximate surface area is 169 Å². The zero-order valence-corrected chi connectivity index (χ0v) is 16.4. The number of nitrogens with zero attached hydrogens (tertiary/aromatic N) is 1. The maximum Gasteiger partial charge on any atom is 0.307 e. The fourth-order valence-corrected chi connectivity index (χ4v) is 3.37. The summed E-state index contributed by atoms with van der Waals surface area (Å²) in [5, 5.41) is 0.545. The summed E-state index contributed by atoms with van der Waals surface area (Å²) < 4.78 is 5.26. The minimum atomic E-state index is -0.872. The first kappa shape index (κ1) is 20.1. The summed E-state index contributed by atoms with van der Waals surface area (Å²) in [7, 11) is 0. The van der Waals surface area contributed by atoms with Gasteiger partial charge in [-0.2, -0.15) is 0 Å². The molecule has 0 aliphatic carbocycles. The first-order valence-corrected chi connectivity index (χ1v) is 9.65. The van der Waals surface area contributed by atoms with Crippen molar-refractivity contribution < 1.29 is 19.1 Å². The average Bonchev–Trinajstić information content (AvgIpc) is 2.71. The molecule has 1 heterocycles. The molecule has 1 amide bonds. The van der Waals surface area contributed by atoms with E-state index in [1.807, 2.05) is 18.2 Å². The van der Waals surface area contributed by atoms with Crippen molar-refractivity contribution in [1.82, 2.24) is 4.90 Å². The van der Waals surface area contributed by atoms with Crippen LogP contribution < -0.4 is 0 Å². The van der Waals surface area contributed by atoms with Crippen LogP contribution in [0.4, 0.5) is 0 Å². The van der Waals surface area contributed by atoms with Gasteiger partial charge in [0.1, 0.15) is 0 Å².